The van der Waals surface area contributed by atoms with Gasteiger partial charge in [0.1, 0.15) is 0 Å². The summed E-state index contributed by atoms with van der Waals surface area (Å²) >= 11 is 9.09. The van der Waals surface area contributed by atoms with Gasteiger partial charge in [0.15, 0.2) is 0 Å². The largest absolute Gasteiger partial charge is 0.336 e. The van der Waals surface area contributed by atoms with Crippen molar-refractivity contribution in [1.82, 2.24) is 4.90 Å². The molecule has 1 amide bonds. The van der Waals surface area contributed by atoms with Gasteiger partial charge in [-0.1, -0.05) is 18.5 Å². The Hall–Kier alpha value is -0.630. The van der Waals surface area contributed by atoms with E-state index in [1.165, 1.54) is 12.1 Å². The van der Waals surface area contributed by atoms with Gasteiger partial charge in [0.2, 0.25) is 10.0 Å². The SMILES string of the molecule is CC1CC(C)N(C(=O)c2cc(Cl)c(Br)c(S(N)(=O)=O)c2)C1. The Kier molecular flexibility index (Phi) is 4.68. The van der Waals surface area contributed by atoms with Crippen LogP contribution in [-0.2, 0) is 10.0 Å². The van der Waals surface area contributed by atoms with E-state index in [-0.39, 0.29) is 31.9 Å². The zero-order valence-corrected chi connectivity index (χ0v) is 14.8. The Morgan fingerprint density at radius 2 is 2.05 bits per heavy atom. The summed E-state index contributed by atoms with van der Waals surface area (Å²) in [6.07, 6.45) is 0.929. The van der Waals surface area contributed by atoms with E-state index in [2.05, 4.69) is 22.9 Å². The number of rotatable bonds is 2. The van der Waals surface area contributed by atoms with Gasteiger partial charge in [-0.15, -0.1) is 0 Å². The van der Waals surface area contributed by atoms with Gasteiger partial charge in [0.25, 0.3) is 5.91 Å². The summed E-state index contributed by atoms with van der Waals surface area (Å²) in [5.41, 5.74) is 0.230. The molecule has 0 radical (unpaired) electrons. The summed E-state index contributed by atoms with van der Waals surface area (Å²) in [6, 6.07) is 2.84. The zero-order valence-electron chi connectivity index (χ0n) is 11.6. The molecule has 0 aromatic heterocycles. The van der Waals surface area contributed by atoms with Gasteiger partial charge in [-0.25, -0.2) is 13.6 Å². The summed E-state index contributed by atoms with van der Waals surface area (Å²) in [5, 5.41) is 5.30. The number of amides is 1. The lowest BCUT2D eigenvalue weighted by Gasteiger charge is -2.22. The molecule has 2 N–H and O–H groups in total. The lowest BCUT2D eigenvalue weighted by atomic mass is 10.1. The molecule has 1 aliphatic rings. The minimum Gasteiger partial charge on any atom is -0.336 e. The van der Waals surface area contributed by atoms with Crippen molar-refractivity contribution in [3.8, 4) is 0 Å². The van der Waals surface area contributed by atoms with Crippen LogP contribution >= 0.6 is 27.5 Å². The molecule has 0 spiro atoms. The van der Waals surface area contributed by atoms with Gasteiger partial charge in [0, 0.05) is 18.2 Å². The van der Waals surface area contributed by atoms with E-state index < -0.39 is 10.0 Å². The second-order valence-corrected chi connectivity index (χ2v) is 8.19. The van der Waals surface area contributed by atoms with Gasteiger partial charge in [-0.2, -0.15) is 0 Å². The minimum absolute atomic E-state index is 0.118. The standard InChI is InChI=1S/C13H16BrClN2O3S/c1-7-3-8(2)17(6-7)13(18)9-4-10(15)12(14)11(5-9)21(16,19)20/h4-5,7-8H,3,6H2,1-2H3,(H2,16,19,20). The average Bonchev–Trinajstić information content (AvgIpc) is 2.69. The first-order valence-corrected chi connectivity index (χ1v) is 9.15. The fraction of sp³-hybridized carbons (Fsp3) is 0.462. The number of hydrogen-bond acceptors (Lipinski definition) is 3. The third-order valence-corrected chi connectivity index (χ3v) is 6.17. The number of benzene rings is 1. The van der Waals surface area contributed by atoms with Crippen LogP contribution in [0.2, 0.25) is 5.02 Å². The van der Waals surface area contributed by atoms with E-state index in [1.807, 2.05) is 6.92 Å². The molecule has 0 aliphatic carbocycles. The normalized spacial score (nSPS) is 22.6. The van der Waals surface area contributed by atoms with Crippen molar-refractivity contribution < 1.29 is 13.2 Å². The topological polar surface area (TPSA) is 80.5 Å². The van der Waals surface area contributed by atoms with Crippen molar-refractivity contribution >= 4 is 43.5 Å². The van der Waals surface area contributed by atoms with Crippen molar-refractivity contribution in [3.05, 3.63) is 27.2 Å². The maximum absolute atomic E-state index is 12.6. The van der Waals surface area contributed by atoms with Crippen LogP contribution in [0.1, 0.15) is 30.6 Å². The molecule has 8 heteroatoms. The third-order valence-electron chi connectivity index (χ3n) is 3.59. The summed E-state index contributed by atoms with van der Waals surface area (Å²) < 4.78 is 23.3. The first-order chi connectivity index (χ1) is 9.61. The van der Waals surface area contributed by atoms with Crippen molar-refractivity contribution in [2.24, 2.45) is 11.1 Å². The molecule has 2 unspecified atom stereocenters. The summed E-state index contributed by atoms with van der Waals surface area (Å²) in [5.74, 6) is 0.193. The average molecular weight is 396 g/mol. The number of nitrogens with two attached hydrogens (primary N) is 1. The van der Waals surface area contributed by atoms with Gasteiger partial charge < -0.3 is 4.90 Å². The Balaban J connectivity index is 2.46. The molecule has 2 atom stereocenters. The number of carbonyl (C=O) groups excluding carboxylic acids is 1. The van der Waals surface area contributed by atoms with Crippen LogP contribution in [0.4, 0.5) is 0 Å². The van der Waals surface area contributed by atoms with E-state index in [1.54, 1.807) is 4.90 Å². The molecule has 21 heavy (non-hydrogen) atoms. The molecule has 1 aromatic rings. The van der Waals surface area contributed by atoms with Gasteiger partial charge >= 0.3 is 0 Å². The highest BCUT2D eigenvalue weighted by Crippen LogP contribution is 2.32. The zero-order chi connectivity index (χ0) is 15.9. The van der Waals surface area contributed by atoms with Crippen molar-refractivity contribution in [3.63, 3.8) is 0 Å². The van der Waals surface area contributed by atoms with E-state index in [4.69, 9.17) is 16.7 Å². The molecule has 1 heterocycles. The predicted molar refractivity (Wildman–Crippen MR) is 84.8 cm³/mol. The summed E-state index contributed by atoms with van der Waals surface area (Å²) in [6.45, 7) is 4.70. The summed E-state index contributed by atoms with van der Waals surface area (Å²) in [7, 11) is -3.96. The Labute approximate surface area is 137 Å². The first-order valence-electron chi connectivity index (χ1n) is 6.44. The molecule has 1 aromatic carbocycles. The van der Waals surface area contributed by atoms with Crippen molar-refractivity contribution in [2.45, 2.75) is 31.2 Å². The van der Waals surface area contributed by atoms with E-state index >= 15 is 0 Å². The van der Waals surface area contributed by atoms with E-state index in [0.29, 0.717) is 12.5 Å². The smallest absolute Gasteiger partial charge is 0.254 e. The first kappa shape index (κ1) is 16.7. The monoisotopic (exact) mass is 394 g/mol. The van der Waals surface area contributed by atoms with Gasteiger partial charge in [0.05, 0.1) is 14.4 Å². The summed E-state index contributed by atoms with van der Waals surface area (Å²) in [4.78, 5) is 14.1. The lowest BCUT2D eigenvalue weighted by Crippen LogP contribution is -2.34. The van der Waals surface area contributed by atoms with Crippen molar-refractivity contribution in [2.75, 3.05) is 6.54 Å². The van der Waals surface area contributed by atoms with E-state index in [0.717, 1.165) is 6.42 Å². The van der Waals surface area contributed by atoms with Crippen LogP contribution in [0, 0.1) is 5.92 Å². The van der Waals surface area contributed by atoms with Gasteiger partial charge in [-0.05, 0) is 47.3 Å². The fourth-order valence-electron chi connectivity index (χ4n) is 2.64. The second-order valence-electron chi connectivity index (χ2n) is 5.46. The Morgan fingerprint density at radius 1 is 1.43 bits per heavy atom. The van der Waals surface area contributed by atoms with Crippen LogP contribution in [0.15, 0.2) is 21.5 Å². The number of nitrogens with zero attached hydrogens (tertiary/aromatic N) is 1. The molecule has 0 bridgehead atoms. The van der Waals surface area contributed by atoms with Crippen LogP contribution in [-0.4, -0.2) is 31.8 Å². The molecular weight excluding hydrogens is 380 g/mol. The highest BCUT2D eigenvalue weighted by molar-refractivity contribution is 9.10. The molecular formula is C13H16BrClN2O3S. The van der Waals surface area contributed by atoms with Crippen LogP contribution in [0.25, 0.3) is 0 Å². The number of hydrogen-bond donors (Lipinski definition) is 1. The van der Waals surface area contributed by atoms with Crippen molar-refractivity contribution in [1.29, 1.82) is 0 Å². The van der Waals surface area contributed by atoms with Crippen LogP contribution in [0.3, 0.4) is 0 Å². The second kappa shape index (κ2) is 5.87. The number of sulfonamides is 1. The van der Waals surface area contributed by atoms with Gasteiger partial charge in [-0.3, -0.25) is 4.79 Å². The molecule has 1 saturated heterocycles. The predicted octanol–water partition coefficient (Wildman–Crippen LogP) is 2.62. The Bertz CT molecular complexity index is 693. The van der Waals surface area contributed by atoms with Crippen LogP contribution < -0.4 is 5.14 Å². The minimum atomic E-state index is -3.96. The van der Waals surface area contributed by atoms with Crippen LogP contribution in [0.5, 0.6) is 0 Å². The number of carbonyl (C=O) groups is 1. The lowest BCUT2D eigenvalue weighted by molar-refractivity contribution is 0.0743. The quantitative estimate of drug-likeness (QED) is 0.836. The number of likely N-dealkylation sites (tertiary alicyclic amines) is 1. The molecule has 116 valence electrons. The maximum Gasteiger partial charge on any atom is 0.254 e. The molecule has 2 rings (SSSR count). The van der Waals surface area contributed by atoms with E-state index in [9.17, 15) is 13.2 Å². The molecule has 1 fully saturated rings. The maximum atomic E-state index is 12.6. The Morgan fingerprint density at radius 3 is 2.52 bits per heavy atom. The highest BCUT2D eigenvalue weighted by atomic mass is 79.9. The number of halogens is 2. The molecule has 5 nitrogen and oxygen atoms in total. The fourth-order valence-corrected chi connectivity index (χ4v) is 4.48. The number of primary sulfonamides is 1. The molecule has 0 saturated carbocycles. The molecule has 1 aliphatic heterocycles. The highest BCUT2D eigenvalue weighted by Gasteiger charge is 2.31. The third kappa shape index (κ3) is 3.41.